The van der Waals surface area contributed by atoms with E-state index in [0.717, 1.165) is 32.5 Å². The molecule has 1 aromatic rings. The van der Waals surface area contributed by atoms with Crippen LogP contribution >= 0.6 is 12.4 Å². The van der Waals surface area contributed by atoms with Crippen LogP contribution in [0, 0.1) is 5.92 Å². The van der Waals surface area contributed by atoms with Gasteiger partial charge < -0.3 is 19.5 Å². The molecule has 0 unspecified atom stereocenters. The number of methoxy groups -OCH3 is 1. The number of nitrogens with zero attached hydrogens (tertiary/aromatic N) is 2. The van der Waals surface area contributed by atoms with E-state index >= 15 is 0 Å². The Hall–Kier alpha value is -1.11. The van der Waals surface area contributed by atoms with Gasteiger partial charge in [-0.15, -0.1) is 12.4 Å². The standard InChI is InChI=1S/C14H23N3O3.ClH/c1-15-6-3-11-4-7-17(8-5-11)14(18)13-9-12(10-19-2)20-16-13;/h9,11,15H,3-8,10H2,1-2H3;1H. The van der Waals surface area contributed by atoms with Gasteiger partial charge in [0.25, 0.3) is 5.91 Å². The van der Waals surface area contributed by atoms with Crippen LogP contribution in [-0.4, -0.2) is 49.8 Å². The van der Waals surface area contributed by atoms with Crippen molar-refractivity contribution < 1.29 is 14.1 Å². The van der Waals surface area contributed by atoms with E-state index in [1.54, 1.807) is 13.2 Å². The van der Waals surface area contributed by atoms with Crippen molar-refractivity contribution in [3.05, 3.63) is 17.5 Å². The summed E-state index contributed by atoms with van der Waals surface area (Å²) in [4.78, 5) is 14.2. The number of halogens is 1. The zero-order chi connectivity index (χ0) is 14.4. The van der Waals surface area contributed by atoms with E-state index in [1.807, 2.05) is 11.9 Å². The third-order valence-electron chi connectivity index (χ3n) is 3.77. The highest BCUT2D eigenvalue weighted by Crippen LogP contribution is 2.21. The fourth-order valence-electron chi connectivity index (χ4n) is 2.56. The van der Waals surface area contributed by atoms with E-state index in [4.69, 9.17) is 9.26 Å². The summed E-state index contributed by atoms with van der Waals surface area (Å²) in [5.74, 6) is 1.26. The Morgan fingerprint density at radius 1 is 1.52 bits per heavy atom. The van der Waals surface area contributed by atoms with Crippen LogP contribution in [0.25, 0.3) is 0 Å². The summed E-state index contributed by atoms with van der Waals surface area (Å²) >= 11 is 0. The lowest BCUT2D eigenvalue weighted by atomic mass is 9.93. The second kappa shape index (κ2) is 9.02. The van der Waals surface area contributed by atoms with Gasteiger partial charge in [0.05, 0.1) is 0 Å². The number of carbonyl (C=O) groups excluding carboxylic acids is 1. The maximum Gasteiger partial charge on any atom is 0.276 e. The molecule has 2 rings (SSSR count). The van der Waals surface area contributed by atoms with Crippen LogP contribution in [0.3, 0.4) is 0 Å². The molecule has 1 aliphatic rings. The van der Waals surface area contributed by atoms with Crippen LogP contribution in [0.2, 0.25) is 0 Å². The molecule has 0 aliphatic carbocycles. The SMILES string of the molecule is CNCCC1CCN(C(=O)c2cc(COC)on2)CC1.Cl. The average Bonchev–Trinajstić information content (AvgIpc) is 2.94. The van der Waals surface area contributed by atoms with Crippen molar-refractivity contribution >= 4 is 18.3 Å². The number of rotatable bonds is 6. The van der Waals surface area contributed by atoms with Gasteiger partial charge in [-0.1, -0.05) is 5.16 Å². The van der Waals surface area contributed by atoms with E-state index in [0.29, 0.717) is 24.0 Å². The van der Waals surface area contributed by atoms with Gasteiger partial charge in [-0.3, -0.25) is 4.79 Å². The quantitative estimate of drug-likeness (QED) is 0.865. The van der Waals surface area contributed by atoms with Gasteiger partial charge in [-0.05, 0) is 38.8 Å². The predicted octanol–water partition coefficient (Wildman–Crippen LogP) is 1.70. The Morgan fingerprint density at radius 3 is 2.86 bits per heavy atom. The van der Waals surface area contributed by atoms with Gasteiger partial charge in [-0.2, -0.15) is 0 Å². The van der Waals surface area contributed by atoms with Gasteiger partial charge in [0.15, 0.2) is 11.5 Å². The maximum absolute atomic E-state index is 12.3. The van der Waals surface area contributed by atoms with Crippen molar-refractivity contribution in [3.63, 3.8) is 0 Å². The summed E-state index contributed by atoms with van der Waals surface area (Å²) in [6.45, 7) is 2.99. The largest absolute Gasteiger partial charge is 0.377 e. The minimum atomic E-state index is -0.0387. The molecule has 21 heavy (non-hydrogen) atoms. The van der Waals surface area contributed by atoms with Crippen LogP contribution < -0.4 is 5.32 Å². The number of ether oxygens (including phenoxy) is 1. The molecular weight excluding hydrogens is 294 g/mol. The molecule has 0 atom stereocenters. The van der Waals surface area contributed by atoms with Crippen molar-refractivity contribution in [1.29, 1.82) is 0 Å². The van der Waals surface area contributed by atoms with Crippen molar-refractivity contribution in [1.82, 2.24) is 15.4 Å². The fraction of sp³-hybridized carbons (Fsp3) is 0.714. The molecule has 0 aromatic carbocycles. The number of aromatic nitrogens is 1. The molecule has 120 valence electrons. The molecule has 1 aromatic heterocycles. The van der Waals surface area contributed by atoms with Crippen LogP contribution in [0.15, 0.2) is 10.6 Å². The van der Waals surface area contributed by atoms with E-state index in [-0.39, 0.29) is 18.3 Å². The fourth-order valence-corrected chi connectivity index (χ4v) is 2.56. The highest BCUT2D eigenvalue weighted by Gasteiger charge is 2.25. The zero-order valence-corrected chi connectivity index (χ0v) is 13.4. The van der Waals surface area contributed by atoms with Crippen LogP contribution in [-0.2, 0) is 11.3 Å². The molecule has 0 saturated carbocycles. The topological polar surface area (TPSA) is 67.6 Å². The lowest BCUT2D eigenvalue weighted by Gasteiger charge is -2.31. The number of nitrogens with one attached hydrogen (secondary N) is 1. The van der Waals surface area contributed by atoms with Gasteiger partial charge in [0.2, 0.25) is 0 Å². The number of hydrogen-bond acceptors (Lipinski definition) is 5. The third kappa shape index (κ3) is 4.98. The number of piperidine rings is 1. The van der Waals surface area contributed by atoms with Crippen LogP contribution in [0.1, 0.15) is 35.5 Å². The molecule has 1 N–H and O–H groups in total. The minimum Gasteiger partial charge on any atom is -0.377 e. The Kier molecular flexibility index (Phi) is 7.71. The monoisotopic (exact) mass is 317 g/mol. The molecule has 7 heteroatoms. The first-order chi connectivity index (χ1) is 9.74. The third-order valence-corrected chi connectivity index (χ3v) is 3.77. The predicted molar refractivity (Wildman–Crippen MR) is 81.6 cm³/mol. The van der Waals surface area contributed by atoms with Gasteiger partial charge in [-0.25, -0.2) is 0 Å². The Morgan fingerprint density at radius 2 is 2.24 bits per heavy atom. The smallest absolute Gasteiger partial charge is 0.276 e. The van der Waals surface area contributed by atoms with Crippen LogP contribution in [0.5, 0.6) is 0 Å². The van der Waals surface area contributed by atoms with Gasteiger partial charge in [0, 0.05) is 26.3 Å². The second-order valence-electron chi connectivity index (χ2n) is 5.24. The summed E-state index contributed by atoms with van der Waals surface area (Å²) < 4.78 is 10.0. The Balaban J connectivity index is 0.00000220. The molecule has 1 fully saturated rings. The molecular formula is C14H24ClN3O3. The number of amides is 1. The summed E-state index contributed by atoms with van der Waals surface area (Å²) in [5, 5.41) is 7.00. The van der Waals surface area contributed by atoms with Gasteiger partial charge in [0.1, 0.15) is 6.61 Å². The summed E-state index contributed by atoms with van der Waals surface area (Å²) in [6, 6.07) is 1.67. The number of carbonyl (C=O) groups is 1. The molecule has 1 amide bonds. The minimum absolute atomic E-state index is 0. The molecule has 0 radical (unpaired) electrons. The van der Waals surface area contributed by atoms with Crippen LogP contribution in [0.4, 0.5) is 0 Å². The normalized spacial score (nSPS) is 15.8. The summed E-state index contributed by atoms with van der Waals surface area (Å²) in [5.41, 5.74) is 0.380. The van der Waals surface area contributed by atoms with Crippen molar-refractivity contribution in [3.8, 4) is 0 Å². The first-order valence-electron chi connectivity index (χ1n) is 7.13. The summed E-state index contributed by atoms with van der Waals surface area (Å²) in [7, 11) is 3.56. The Labute approximate surface area is 131 Å². The van der Waals surface area contributed by atoms with Gasteiger partial charge >= 0.3 is 0 Å². The molecule has 2 heterocycles. The molecule has 1 aliphatic heterocycles. The number of likely N-dealkylation sites (tertiary alicyclic amines) is 1. The summed E-state index contributed by atoms with van der Waals surface area (Å²) in [6.07, 6.45) is 3.31. The van der Waals surface area contributed by atoms with Crippen molar-refractivity contribution in [2.24, 2.45) is 5.92 Å². The maximum atomic E-state index is 12.3. The highest BCUT2D eigenvalue weighted by atomic mass is 35.5. The van der Waals surface area contributed by atoms with Crippen molar-refractivity contribution in [2.75, 3.05) is 33.8 Å². The van der Waals surface area contributed by atoms with E-state index in [2.05, 4.69) is 10.5 Å². The first kappa shape index (κ1) is 17.9. The zero-order valence-electron chi connectivity index (χ0n) is 12.6. The first-order valence-corrected chi connectivity index (χ1v) is 7.13. The number of hydrogen-bond donors (Lipinski definition) is 1. The average molecular weight is 318 g/mol. The lowest BCUT2D eigenvalue weighted by Crippen LogP contribution is -2.39. The second-order valence-corrected chi connectivity index (χ2v) is 5.24. The molecule has 1 saturated heterocycles. The van der Waals surface area contributed by atoms with E-state index in [1.165, 1.54) is 6.42 Å². The molecule has 0 bridgehead atoms. The highest BCUT2D eigenvalue weighted by molar-refractivity contribution is 5.92. The lowest BCUT2D eigenvalue weighted by molar-refractivity contribution is 0.0676. The molecule has 6 nitrogen and oxygen atoms in total. The Bertz CT molecular complexity index is 431. The van der Waals surface area contributed by atoms with E-state index in [9.17, 15) is 4.79 Å². The van der Waals surface area contributed by atoms with Crippen molar-refractivity contribution in [2.45, 2.75) is 25.9 Å². The molecule has 0 spiro atoms. The van der Waals surface area contributed by atoms with E-state index < -0.39 is 0 Å².